The first-order valence-corrected chi connectivity index (χ1v) is 8.10. The summed E-state index contributed by atoms with van der Waals surface area (Å²) in [6.45, 7) is 2.21. The molecule has 1 N–H and O–H groups in total. The number of rotatable bonds is 5. The zero-order valence-electron chi connectivity index (χ0n) is 12.3. The average molecular weight is 292 g/mol. The van der Waals surface area contributed by atoms with E-state index in [1.54, 1.807) is 13.4 Å². The Morgan fingerprint density at radius 2 is 1.95 bits per heavy atom. The van der Waals surface area contributed by atoms with E-state index < -0.39 is 0 Å². The normalized spacial score (nSPS) is 26.4. The van der Waals surface area contributed by atoms with Gasteiger partial charge in [-0.05, 0) is 38.0 Å². The molecule has 3 atom stereocenters. The van der Waals surface area contributed by atoms with Crippen molar-refractivity contribution in [3.05, 3.63) is 42.7 Å². The van der Waals surface area contributed by atoms with Gasteiger partial charge in [0.15, 0.2) is 0 Å². The first kappa shape index (κ1) is 15.5. The van der Waals surface area contributed by atoms with E-state index in [4.69, 9.17) is 4.74 Å². The summed E-state index contributed by atoms with van der Waals surface area (Å²) in [5.41, 5.74) is 0. The van der Waals surface area contributed by atoms with Crippen LogP contribution in [0.2, 0.25) is 0 Å². The number of hydrogen-bond donors (Lipinski definition) is 1. The Balaban J connectivity index is 2.22. The second-order valence-electron chi connectivity index (χ2n) is 5.60. The molecule has 1 aliphatic rings. The Hall–Kier alpha value is -0.930. The second kappa shape index (κ2) is 7.19. The largest absolute Gasteiger partial charge is 0.505 e. The lowest BCUT2D eigenvalue weighted by Crippen LogP contribution is -2.40. The van der Waals surface area contributed by atoms with Crippen LogP contribution in [0.5, 0.6) is 0 Å². The van der Waals surface area contributed by atoms with Crippen molar-refractivity contribution in [3.8, 4) is 0 Å². The first-order valence-electron chi connectivity index (χ1n) is 7.28. The summed E-state index contributed by atoms with van der Waals surface area (Å²) >= 11 is 1.81. The smallest absolute Gasteiger partial charge is 0.0798 e. The molecule has 1 fully saturated rings. The summed E-state index contributed by atoms with van der Waals surface area (Å²) in [5.74, 6) is 0.271. The van der Waals surface area contributed by atoms with Gasteiger partial charge in [-0.1, -0.05) is 31.0 Å². The number of aliphatic hydroxyl groups excluding tert-OH is 1. The molecule has 0 amide bonds. The van der Waals surface area contributed by atoms with Crippen LogP contribution in [0.3, 0.4) is 0 Å². The number of methoxy groups -OCH3 is 1. The molecule has 2 rings (SSSR count). The van der Waals surface area contributed by atoms with Gasteiger partial charge in [0.2, 0.25) is 0 Å². The zero-order valence-corrected chi connectivity index (χ0v) is 13.1. The highest BCUT2D eigenvalue weighted by molar-refractivity contribution is 8.00. The number of thioether (sulfide) groups is 1. The monoisotopic (exact) mass is 292 g/mol. The lowest BCUT2D eigenvalue weighted by Gasteiger charge is -2.40. The summed E-state index contributed by atoms with van der Waals surface area (Å²) in [7, 11) is 1.67. The van der Waals surface area contributed by atoms with Crippen LogP contribution in [-0.2, 0) is 4.74 Å². The highest BCUT2D eigenvalue weighted by Crippen LogP contribution is 2.45. The van der Waals surface area contributed by atoms with Crippen LogP contribution >= 0.6 is 11.8 Å². The topological polar surface area (TPSA) is 29.5 Å². The molecule has 3 heteroatoms. The number of ether oxygens (including phenoxy) is 1. The Labute approximate surface area is 126 Å². The Bertz CT molecular complexity index is 432. The number of hydrogen-bond acceptors (Lipinski definition) is 3. The summed E-state index contributed by atoms with van der Waals surface area (Å²) < 4.78 is 4.98. The van der Waals surface area contributed by atoms with E-state index in [-0.39, 0.29) is 16.8 Å². The van der Waals surface area contributed by atoms with E-state index in [0.717, 1.165) is 19.3 Å². The molecule has 1 saturated carbocycles. The van der Waals surface area contributed by atoms with Gasteiger partial charge < -0.3 is 9.84 Å². The summed E-state index contributed by atoms with van der Waals surface area (Å²) in [4.78, 5) is 1.23. The van der Waals surface area contributed by atoms with E-state index >= 15 is 0 Å². The van der Waals surface area contributed by atoms with Crippen LogP contribution in [0.15, 0.2) is 47.6 Å². The van der Waals surface area contributed by atoms with Gasteiger partial charge in [-0.2, -0.15) is 0 Å². The fourth-order valence-corrected chi connectivity index (χ4v) is 4.31. The number of benzene rings is 1. The van der Waals surface area contributed by atoms with Crippen molar-refractivity contribution in [1.29, 1.82) is 0 Å². The van der Waals surface area contributed by atoms with Crippen LogP contribution in [0.25, 0.3) is 0 Å². The van der Waals surface area contributed by atoms with Gasteiger partial charge >= 0.3 is 0 Å². The van der Waals surface area contributed by atoms with Gasteiger partial charge in [-0.25, -0.2) is 0 Å². The molecule has 0 bridgehead atoms. The van der Waals surface area contributed by atoms with Gasteiger partial charge in [0, 0.05) is 15.6 Å². The van der Waals surface area contributed by atoms with Crippen molar-refractivity contribution in [3.63, 3.8) is 0 Å². The fraction of sp³-hybridized carbons (Fsp3) is 0.529. The van der Waals surface area contributed by atoms with E-state index in [2.05, 4.69) is 37.3 Å². The molecule has 0 radical (unpaired) electrons. The summed E-state index contributed by atoms with van der Waals surface area (Å²) in [6, 6.07) is 10.4. The maximum atomic E-state index is 10.4. The highest BCUT2D eigenvalue weighted by Gasteiger charge is 2.39. The zero-order chi connectivity index (χ0) is 14.4. The highest BCUT2D eigenvalue weighted by atomic mass is 32.2. The Kier molecular flexibility index (Phi) is 5.55. The van der Waals surface area contributed by atoms with Gasteiger partial charge in [-0.3, -0.25) is 0 Å². The van der Waals surface area contributed by atoms with E-state index in [1.165, 1.54) is 11.3 Å². The number of aliphatic hydroxyl groups is 1. The van der Waals surface area contributed by atoms with E-state index in [9.17, 15) is 5.11 Å². The van der Waals surface area contributed by atoms with Crippen molar-refractivity contribution >= 4 is 11.8 Å². The minimum Gasteiger partial charge on any atom is -0.505 e. The van der Waals surface area contributed by atoms with Gasteiger partial charge in [0.05, 0.1) is 19.5 Å². The molecule has 1 aromatic carbocycles. The molecule has 0 spiro atoms. The molecule has 110 valence electrons. The molecule has 0 heterocycles. The molecule has 1 aliphatic carbocycles. The summed E-state index contributed by atoms with van der Waals surface area (Å²) in [6.07, 6.45) is 7.96. The molecular weight excluding hydrogens is 268 g/mol. The van der Waals surface area contributed by atoms with Crippen molar-refractivity contribution in [2.75, 3.05) is 7.11 Å². The molecule has 0 saturated heterocycles. The SMILES string of the molecule is CO/C=C/C(C)(Sc1ccccc1)C1CCCCC1O. The Morgan fingerprint density at radius 3 is 2.60 bits per heavy atom. The Morgan fingerprint density at radius 1 is 1.25 bits per heavy atom. The van der Waals surface area contributed by atoms with E-state index in [1.807, 2.05) is 17.8 Å². The third-order valence-electron chi connectivity index (χ3n) is 4.08. The minimum atomic E-state index is -0.216. The molecule has 2 nitrogen and oxygen atoms in total. The quantitative estimate of drug-likeness (QED) is 0.650. The summed E-state index contributed by atoms with van der Waals surface area (Å²) in [5, 5.41) is 10.4. The molecule has 3 unspecified atom stereocenters. The van der Waals surface area contributed by atoms with Gasteiger partial charge in [0.25, 0.3) is 0 Å². The molecule has 0 aliphatic heterocycles. The predicted molar refractivity (Wildman–Crippen MR) is 84.8 cm³/mol. The van der Waals surface area contributed by atoms with Gasteiger partial charge in [0.1, 0.15) is 0 Å². The first-order chi connectivity index (χ1) is 9.65. The maximum absolute atomic E-state index is 10.4. The third-order valence-corrected chi connectivity index (χ3v) is 5.47. The van der Waals surface area contributed by atoms with Crippen LogP contribution in [0.1, 0.15) is 32.6 Å². The van der Waals surface area contributed by atoms with Crippen LogP contribution in [0, 0.1) is 5.92 Å². The van der Waals surface area contributed by atoms with Crippen LogP contribution in [-0.4, -0.2) is 23.1 Å². The van der Waals surface area contributed by atoms with Crippen LogP contribution in [0.4, 0.5) is 0 Å². The van der Waals surface area contributed by atoms with Crippen molar-refractivity contribution in [1.82, 2.24) is 0 Å². The standard InChI is InChI=1S/C17H24O2S/c1-17(12-13-19-2,15-10-6-7-11-16(15)18)20-14-8-4-3-5-9-14/h3-5,8-9,12-13,15-16,18H,6-7,10-11H2,1-2H3/b13-12+. The minimum absolute atomic E-state index is 0.142. The maximum Gasteiger partial charge on any atom is 0.0798 e. The van der Waals surface area contributed by atoms with Crippen molar-refractivity contribution < 1.29 is 9.84 Å². The molecular formula is C17H24O2S. The van der Waals surface area contributed by atoms with Gasteiger partial charge in [-0.15, -0.1) is 11.8 Å². The second-order valence-corrected chi connectivity index (χ2v) is 7.15. The molecule has 0 aromatic heterocycles. The fourth-order valence-electron chi connectivity index (χ4n) is 2.96. The van der Waals surface area contributed by atoms with Crippen molar-refractivity contribution in [2.45, 2.75) is 48.4 Å². The lowest BCUT2D eigenvalue weighted by molar-refractivity contribution is 0.0591. The third kappa shape index (κ3) is 3.80. The van der Waals surface area contributed by atoms with Crippen LogP contribution < -0.4 is 0 Å². The van der Waals surface area contributed by atoms with Crippen molar-refractivity contribution in [2.24, 2.45) is 5.92 Å². The average Bonchev–Trinajstić information content (AvgIpc) is 2.46. The molecule has 20 heavy (non-hydrogen) atoms. The predicted octanol–water partition coefficient (Wildman–Crippen LogP) is 4.25. The molecule has 1 aromatic rings. The van der Waals surface area contributed by atoms with E-state index in [0.29, 0.717) is 0 Å². The lowest BCUT2D eigenvalue weighted by atomic mass is 9.78.